The standard InChI is InChI=1S/C15H21ClN2O2/c1-10-8-18(9-11(2)20-10)12(3)15(19)17-14-6-4-13(16)5-7-14/h4-7,10-12H,8-9H2,1-3H3,(H,17,19)/t10-,11-,12+/m1/s1. The van der Waals surface area contributed by atoms with Crippen LogP contribution in [0.25, 0.3) is 0 Å². The van der Waals surface area contributed by atoms with Crippen molar-refractivity contribution in [2.75, 3.05) is 18.4 Å². The van der Waals surface area contributed by atoms with Gasteiger partial charge in [0.2, 0.25) is 5.91 Å². The van der Waals surface area contributed by atoms with E-state index in [2.05, 4.69) is 10.2 Å². The second-order valence-corrected chi connectivity index (χ2v) is 5.82. The molecule has 20 heavy (non-hydrogen) atoms. The Bertz CT molecular complexity index is 453. The molecule has 0 bridgehead atoms. The number of morpholine rings is 1. The summed E-state index contributed by atoms with van der Waals surface area (Å²) in [7, 11) is 0. The molecule has 110 valence electrons. The van der Waals surface area contributed by atoms with Gasteiger partial charge in [-0.15, -0.1) is 0 Å². The Morgan fingerprint density at radius 2 is 1.85 bits per heavy atom. The number of hydrogen-bond acceptors (Lipinski definition) is 3. The van der Waals surface area contributed by atoms with E-state index in [1.165, 1.54) is 0 Å². The minimum Gasteiger partial charge on any atom is -0.373 e. The third-order valence-electron chi connectivity index (χ3n) is 3.49. The van der Waals surface area contributed by atoms with Gasteiger partial charge >= 0.3 is 0 Å². The van der Waals surface area contributed by atoms with Crippen LogP contribution in [0.15, 0.2) is 24.3 Å². The lowest BCUT2D eigenvalue weighted by Crippen LogP contribution is -2.52. The molecule has 0 unspecified atom stereocenters. The van der Waals surface area contributed by atoms with Crippen molar-refractivity contribution in [3.05, 3.63) is 29.3 Å². The van der Waals surface area contributed by atoms with E-state index in [0.29, 0.717) is 5.02 Å². The highest BCUT2D eigenvalue weighted by atomic mass is 35.5. The predicted molar refractivity (Wildman–Crippen MR) is 81.1 cm³/mol. The van der Waals surface area contributed by atoms with Gasteiger partial charge in [-0.2, -0.15) is 0 Å². The van der Waals surface area contributed by atoms with Crippen molar-refractivity contribution in [2.45, 2.75) is 39.0 Å². The van der Waals surface area contributed by atoms with E-state index in [-0.39, 0.29) is 24.2 Å². The number of halogens is 1. The molecule has 0 saturated carbocycles. The van der Waals surface area contributed by atoms with Crippen molar-refractivity contribution < 1.29 is 9.53 Å². The van der Waals surface area contributed by atoms with Crippen molar-refractivity contribution >= 4 is 23.2 Å². The van der Waals surface area contributed by atoms with Gasteiger partial charge in [-0.25, -0.2) is 0 Å². The van der Waals surface area contributed by atoms with E-state index < -0.39 is 0 Å². The Morgan fingerprint density at radius 1 is 1.30 bits per heavy atom. The molecule has 4 nitrogen and oxygen atoms in total. The number of benzene rings is 1. The summed E-state index contributed by atoms with van der Waals surface area (Å²) in [6.45, 7) is 7.55. The summed E-state index contributed by atoms with van der Waals surface area (Å²) in [4.78, 5) is 14.4. The summed E-state index contributed by atoms with van der Waals surface area (Å²) >= 11 is 5.83. The molecule has 0 spiro atoms. The van der Waals surface area contributed by atoms with Crippen LogP contribution in [-0.4, -0.2) is 42.1 Å². The number of amides is 1. The van der Waals surface area contributed by atoms with Gasteiger partial charge in [-0.1, -0.05) is 11.6 Å². The zero-order chi connectivity index (χ0) is 14.7. The van der Waals surface area contributed by atoms with Gasteiger partial charge < -0.3 is 10.1 Å². The molecule has 2 rings (SSSR count). The third kappa shape index (κ3) is 3.95. The molecule has 5 heteroatoms. The van der Waals surface area contributed by atoms with Crippen LogP contribution < -0.4 is 5.32 Å². The molecule has 1 aromatic rings. The Morgan fingerprint density at radius 3 is 2.40 bits per heavy atom. The van der Waals surface area contributed by atoms with Gasteiger partial charge in [0.05, 0.1) is 18.2 Å². The fraction of sp³-hybridized carbons (Fsp3) is 0.533. The molecule has 0 aromatic heterocycles. The van der Waals surface area contributed by atoms with Crippen molar-refractivity contribution in [1.82, 2.24) is 4.90 Å². The maximum Gasteiger partial charge on any atom is 0.241 e. The number of hydrogen-bond donors (Lipinski definition) is 1. The van der Waals surface area contributed by atoms with E-state index in [1.807, 2.05) is 20.8 Å². The first-order valence-electron chi connectivity index (χ1n) is 6.91. The number of anilines is 1. The Kier molecular flexibility index (Phi) is 5.02. The molecule has 1 aliphatic rings. The molecule has 1 fully saturated rings. The Balaban J connectivity index is 1.96. The van der Waals surface area contributed by atoms with Crippen molar-refractivity contribution in [2.24, 2.45) is 0 Å². The molecule has 1 heterocycles. The lowest BCUT2D eigenvalue weighted by molar-refractivity contribution is -0.126. The van der Waals surface area contributed by atoms with E-state index in [9.17, 15) is 4.79 Å². The maximum atomic E-state index is 12.3. The summed E-state index contributed by atoms with van der Waals surface area (Å²) in [5, 5.41) is 3.57. The van der Waals surface area contributed by atoms with Gasteiger partial charge in [0.15, 0.2) is 0 Å². The average Bonchev–Trinajstić information content (AvgIpc) is 2.39. The lowest BCUT2D eigenvalue weighted by Gasteiger charge is -2.38. The van der Waals surface area contributed by atoms with E-state index in [1.54, 1.807) is 24.3 Å². The minimum atomic E-state index is -0.181. The van der Waals surface area contributed by atoms with Crippen LogP contribution in [0.3, 0.4) is 0 Å². The quantitative estimate of drug-likeness (QED) is 0.932. The zero-order valence-corrected chi connectivity index (χ0v) is 12.9. The van der Waals surface area contributed by atoms with Crippen LogP contribution in [0.5, 0.6) is 0 Å². The predicted octanol–water partition coefficient (Wildman–Crippen LogP) is 2.78. The molecule has 3 atom stereocenters. The molecule has 0 aliphatic carbocycles. The summed E-state index contributed by atoms with van der Waals surface area (Å²) in [5.41, 5.74) is 0.764. The highest BCUT2D eigenvalue weighted by Gasteiger charge is 2.29. The summed E-state index contributed by atoms with van der Waals surface area (Å²) in [5.74, 6) is -0.00591. The molecule has 1 saturated heterocycles. The summed E-state index contributed by atoms with van der Waals surface area (Å²) < 4.78 is 5.69. The second kappa shape index (κ2) is 6.57. The van der Waals surface area contributed by atoms with Crippen LogP contribution in [0.2, 0.25) is 5.02 Å². The van der Waals surface area contributed by atoms with Crippen molar-refractivity contribution in [1.29, 1.82) is 0 Å². The molecule has 1 N–H and O–H groups in total. The SMILES string of the molecule is C[C@@H]1CN([C@@H](C)C(=O)Nc2ccc(Cl)cc2)C[C@@H](C)O1. The monoisotopic (exact) mass is 296 g/mol. The van der Waals surface area contributed by atoms with Crippen LogP contribution in [0.1, 0.15) is 20.8 Å². The fourth-order valence-electron chi connectivity index (χ4n) is 2.48. The largest absolute Gasteiger partial charge is 0.373 e. The van der Waals surface area contributed by atoms with E-state index in [0.717, 1.165) is 18.8 Å². The third-order valence-corrected chi connectivity index (χ3v) is 3.74. The Hall–Kier alpha value is -1.10. The highest BCUT2D eigenvalue weighted by molar-refractivity contribution is 6.30. The topological polar surface area (TPSA) is 41.6 Å². The van der Waals surface area contributed by atoms with Crippen LogP contribution in [0.4, 0.5) is 5.69 Å². The summed E-state index contributed by atoms with van der Waals surface area (Å²) in [6, 6.07) is 6.95. The van der Waals surface area contributed by atoms with Crippen LogP contribution >= 0.6 is 11.6 Å². The summed E-state index contributed by atoms with van der Waals surface area (Å²) in [6.07, 6.45) is 0.314. The normalized spacial score (nSPS) is 25.2. The first kappa shape index (κ1) is 15.3. The van der Waals surface area contributed by atoms with Crippen LogP contribution in [-0.2, 0) is 9.53 Å². The van der Waals surface area contributed by atoms with Gasteiger partial charge in [0.25, 0.3) is 0 Å². The zero-order valence-electron chi connectivity index (χ0n) is 12.1. The highest BCUT2D eigenvalue weighted by Crippen LogP contribution is 2.16. The number of rotatable bonds is 3. The molecular weight excluding hydrogens is 276 g/mol. The second-order valence-electron chi connectivity index (χ2n) is 5.38. The minimum absolute atomic E-state index is 0.00591. The Labute approximate surface area is 125 Å². The molecule has 1 aliphatic heterocycles. The number of nitrogens with zero attached hydrogens (tertiary/aromatic N) is 1. The molecule has 1 aromatic carbocycles. The smallest absolute Gasteiger partial charge is 0.241 e. The first-order chi connectivity index (χ1) is 9.45. The molecular formula is C15H21ClN2O2. The van der Waals surface area contributed by atoms with Gasteiger partial charge in [0, 0.05) is 23.8 Å². The molecule has 0 radical (unpaired) electrons. The van der Waals surface area contributed by atoms with Gasteiger partial charge in [-0.3, -0.25) is 9.69 Å². The number of nitrogens with one attached hydrogen (secondary N) is 1. The maximum absolute atomic E-state index is 12.3. The van der Waals surface area contributed by atoms with E-state index in [4.69, 9.17) is 16.3 Å². The molecule has 1 amide bonds. The van der Waals surface area contributed by atoms with Crippen molar-refractivity contribution in [3.8, 4) is 0 Å². The lowest BCUT2D eigenvalue weighted by atomic mass is 10.1. The van der Waals surface area contributed by atoms with Crippen LogP contribution in [0, 0.1) is 0 Å². The first-order valence-corrected chi connectivity index (χ1v) is 7.29. The number of carbonyl (C=O) groups excluding carboxylic acids is 1. The van der Waals surface area contributed by atoms with Gasteiger partial charge in [0.1, 0.15) is 0 Å². The number of carbonyl (C=O) groups is 1. The fourth-order valence-corrected chi connectivity index (χ4v) is 2.61. The van der Waals surface area contributed by atoms with Gasteiger partial charge in [-0.05, 0) is 45.0 Å². The number of ether oxygens (including phenoxy) is 1. The average molecular weight is 297 g/mol. The van der Waals surface area contributed by atoms with Crippen molar-refractivity contribution in [3.63, 3.8) is 0 Å². The van der Waals surface area contributed by atoms with E-state index >= 15 is 0 Å².